The number of piperazine rings is 1. The molecule has 2 rings (SSSR count). The third-order valence-electron chi connectivity index (χ3n) is 3.75. The van der Waals surface area contributed by atoms with Gasteiger partial charge in [0.25, 0.3) is 5.91 Å². The summed E-state index contributed by atoms with van der Waals surface area (Å²) in [7, 11) is 2.71. The molecule has 0 spiro atoms. The van der Waals surface area contributed by atoms with Gasteiger partial charge in [-0.2, -0.15) is 0 Å². The molecule has 1 aliphatic rings. The number of rotatable bonds is 4. The molecule has 1 atom stereocenters. The zero-order valence-corrected chi connectivity index (χ0v) is 14.7. The maximum Gasteiger partial charge on any atom is 0.308 e. The summed E-state index contributed by atoms with van der Waals surface area (Å²) in [5.74, 6) is -0.924. The van der Waals surface area contributed by atoms with Crippen molar-refractivity contribution in [2.45, 2.75) is 12.5 Å². The Morgan fingerprint density at radius 3 is 2.76 bits per heavy atom. The third kappa shape index (κ3) is 4.44. The van der Waals surface area contributed by atoms with Crippen molar-refractivity contribution < 1.29 is 23.9 Å². The van der Waals surface area contributed by atoms with Crippen LogP contribution < -0.4 is 15.4 Å². The lowest BCUT2D eigenvalue weighted by molar-refractivity contribution is -0.144. The van der Waals surface area contributed by atoms with Gasteiger partial charge in [-0.1, -0.05) is 12.1 Å². The van der Waals surface area contributed by atoms with Crippen molar-refractivity contribution in [1.82, 2.24) is 15.5 Å². The van der Waals surface area contributed by atoms with Crippen molar-refractivity contribution >= 4 is 35.1 Å². The number of esters is 1. The van der Waals surface area contributed by atoms with E-state index in [9.17, 15) is 14.4 Å². The highest BCUT2D eigenvalue weighted by Crippen LogP contribution is 2.17. The van der Waals surface area contributed by atoms with E-state index >= 15 is 0 Å². The van der Waals surface area contributed by atoms with Gasteiger partial charge in [-0.05, 0) is 24.4 Å². The van der Waals surface area contributed by atoms with E-state index in [1.165, 1.54) is 19.1 Å². The normalized spacial score (nSPS) is 16.6. The van der Waals surface area contributed by atoms with Gasteiger partial charge >= 0.3 is 5.97 Å². The SMILES string of the molecule is COC(=O)CC1C(=O)NCCN1C(=S)NC(=O)c1ccccc1OC. The molecule has 134 valence electrons. The second kappa shape index (κ2) is 8.43. The Labute approximate surface area is 150 Å². The molecular formula is C16H19N3O5S. The highest BCUT2D eigenvalue weighted by atomic mass is 32.1. The summed E-state index contributed by atoms with van der Waals surface area (Å²) in [5, 5.41) is 5.33. The van der Waals surface area contributed by atoms with Crippen molar-refractivity contribution in [3.05, 3.63) is 29.8 Å². The molecule has 1 aromatic rings. The van der Waals surface area contributed by atoms with Crippen molar-refractivity contribution in [3.8, 4) is 5.75 Å². The standard InChI is InChI=1S/C16H19N3O5S/c1-23-12-6-4-3-5-10(12)14(21)18-16(25)19-8-7-17-15(22)11(19)9-13(20)24-2/h3-6,11H,7-9H2,1-2H3,(H,17,22)(H,18,21,25). The summed E-state index contributed by atoms with van der Waals surface area (Å²) in [6.45, 7) is 0.736. The maximum atomic E-state index is 12.4. The first-order valence-electron chi connectivity index (χ1n) is 7.57. The minimum atomic E-state index is -0.827. The van der Waals surface area contributed by atoms with Crippen LogP contribution in [0.2, 0.25) is 0 Å². The number of amides is 2. The summed E-state index contributed by atoms with van der Waals surface area (Å²) < 4.78 is 9.77. The number of para-hydroxylation sites is 1. The largest absolute Gasteiger partial charge is 0.496 e. The van der Waals surface area contributed by atoms with E-state index in [2.05, 4.69) is 15.4 Å². The average molecular weight is 365 g/mol. The molecule has 2 amide bonds. The molecule has 1 unspecified atom stereocenters. The minimum absolute atomic E-state index is 0.0691. The second-order valence-electron chi connectivity index (χ2n) is 5.24. The van der Waals surface area contributed by atoms with Crippen LogP contribution in [-0.2, 0) is 14.3 Å². The number of nitrogens with one attached hydrogen (secondary N) is 2. The van der Waals surface area contributed by atoms with Gasteiger partial charge in [-0.25, -0.2) is 0 Å². The second-order valence-corrected chi connectivity index (χ2v) is 5.63. The molecule has 1 aromatic carbocycles. The lowest BCUT2D eigenvalue weighted by Crippen LogP contribution is -2.60. The molecule has 1 heterocycles. The molecule has 0 saturated carbocycles. The van der Waals surface area contributed by atoms with Gasteiger partial charge in [0.1, 0.15) is 11.8 Å². The van der Waals surface area contributed by atoms with Gasteiger partial charge in [0.2, 0.25) is 5.91 Å². The number of carbonyl (C=O) groups is 3. The number of nitrogens with zero attached hydrogens (tertiary/aromatic N) is 1. The van der Waals surface area contributed by atoms with Crippen LogP contribution in [0, 0.1) is 0 Å². The Morgan fingerprint density at radius 2 is 2.08 bits per heavy atom. The number of thiocarbonyl (C=S) groups is 1. The molecule has 0 aromatic heterocycles. The summed E-state index contributed by atoms with van der Waals surface area (Å²) >= 11 is 5.27. The van der Waals surface area contributed by atoms with Gasteiger partial charge in [0.05, 0.1) is 26.2 Å². The summed E-state index contributed by atoms with van der Waals surface area (Å²) in [5.41, 5.74) is 0.318. The van der Waals surface area contributed by atoms with Gasteiger partial charge in [0.15, 0.2) is 5.11 Å². The van der Waals surface area contributed by atoms with Crippen molar-refractivity contribution in [2.75, 3.05) is 27.3 Å². The van der Waals surface area contributed by atoms with Gasteiger partial charge in [-0.15, -0.1) is 0 Å². The third-order valence-corrected chi connectivity index (χ3v) is 4.09. The fraction of sp³-hybridized carbons (Fsp3) is 0.375. The monoisotopic (exact) mass is 365 g/mol. The van der Waals surface area contributed by atoms with E-state index in [4.69, 9.17) is 17.0 Å². The van der Waals surface area contributed by atoms with Crippen LogP contribution in [0.25, 0.3) is 0 Å². The molecule has 0 aliphatic carbocycles. The summed E-state index contributed by atoms with van der Waals surface area (Å²) in [6.07, 6.45) is -0.160. The smallest absolute Gasteiger partial charge is 0.308 e. The quantitative estimate of drug-likeness (QED) is 0.576. The van der Waals surface area contributed by atoms with Crippen LogP contribution in [0.1, 0.15) is 16.8 Å². The lowest BCUT2D eigenvalue weighted by Gasteiger charge is -2.36. The van der Waals surface area contributed by atoms with E-state index in [0.717, 1.165) is 0 Å². The molecule has 1 aliphatic heterocycles. The average Bonchev–Trinajstić information content (AvgIpc) is 2.62. The van der Waals surface area contributed by atoms with Crippen LogP contribution in [0.4, 0.5) is 0 Å². The molecule has 9 heteroatoms. The Bertz CT molecular complexity index is 694. The lowest BCUT2D eigenvalue weighted by atomic mass is 10.1. The molecule has 2 N–H and O–H groups in total. The predicted molar refractivity (Wildman–Crippen MR) is 93.2 cm³/mol. The highest BCUT2D eigenvalue weighted by Gasteiger charge is 2.34. The number of hydrogen-bond acceptors (Lipinski definition) is 6. The summed E-state index contributed by atoms with van der Waals surface area (Å²) in [4.78, 5) is 37.6. The van der Waals surface area contributed by atoms with Crippen molar-refractivity contribution in [2.24, 2.45) is 0 Å². The molecule has 1 fully saturated rings. The van der Waals surface area contributed by atoms with Crippen molar-refractivity contribution in [3.63, 3.8) is 0 Å². The number of benzene rings is 1. The fourth-order valence-corrected chi connectivity index (χ4v) is 2.78. The highest BCUT2D eigenvalue weighted by molar-refractivity contribution is 7.80. The Hall–Kier alpha value is -2.68. The van der Waals surface area contributed by atoms with Crippen LogP contribution in [0.5, 0.6) is 5.75 Å². The number of hydrogen-bond donors (Lipinski definition) is 2. The van der Waals surface area contributed by atoms with Gasteiger partial charge in [-0.3, -0.25) is 19.7 Å². The zero-order valence-electron chi connectivity index (χ0n) is 13.9. The first-order chi connectivity index (χ1) is 12.0. The Balaban J connectivity index is 2.13. The molecule has 1 saturated heterocycles. The maximum absolute atomic E-state index is 12.4. The van der Waals surface area contributed by atoms with E-state index in [1.54, 1.807) is 24.3 Å². The first kappa shape index (κ1) is 18.7. The Kier molecular flexibility index (Phi) is 6.29. The van der Waals surface area contributed by atoms with Crippen LogP contribution in [-0.4, -0.2) is 61.1 Å². The minimum Gasteiger partial charge on any atom is -0.496 e. The molecule has 0 bridgehead atoms. The number of carbonyl (C=O) groups excluding carboxylic acids is 3. The first-order valence-corrected chi connectivity index (χ1v) is 7.98. The van der Waals surface area contributed by atoms with Crippen LogP contribution in [0.3, 0.4) is 0 Å². The van der Waals surface area contributed by atoms with E-state index in [0.29, 0.717) is 24.4 Å². The van der Waals surface area contributed by atoms with Crippen molar-refractivity contribution in [1.29, 1.82) is 0 Å². The van der Waals surface area contributed by atoms with Crippen LogP contribution >= 0.6 is 12.2 Å². The molecule has 8 nitrogen and oxygen atoms in total. The predicted octanol–water partition coefficient (Wildman–Crippen LogP) is 0.0734. The van der Waals surface area contributed by atoms with Gasteiger partial charge < -0.3 is 19.7 Å². The van der Waals surface area contributed by atoms with E-state index < -0.39 is 17.9 Å². The topological polar surface area (TPSA) is 97.0 Å². The Morgan fingerprint density at radius 1 is 1.36 bits per heavy atom. The molecule has 0 radical (unpaired) electrons. The number of methoxy groups -OCH3 is 2. The van der Waals surface area contributed by atoms with E-state index in [-0.39, 0.29) is 17.4 Å². The molecular weight excluding hydrogens is 346 g/mol. The molecule has 25 heavy (non-hydrogen) atoms. The van der Waals surface area contributed by atoms with Gasteiger partial charge in [0, 0.05) is 13.1 Å². The summed E-state index contributed by atoms with van der Waals surface area (Å²) in [6, 6.07) is 5.88. The van der Waals surface area contributed by atoms with E-state index in [1.807, 2.05) is 0 Å². The fourth-order valence-electron chi connectivity index (χ4n) is 2.47. The zero-order chi connectivity index (χ0) is 18.4. The van der Waals surface area contributed by atoms with Crippen LogP contribution in [0.15, 0.2) is 24.3 Å². The number of ether oxygens (including phenoxy) is 2.